The van der Waals surface area contributed by atoms with Crippen molar-refractivity contribution in [2.24, 2.45) is 11.8 Å². The third kappa shape index (κ3) is 4.09. The zero-order chi connectivity index (χ0) is 15.6. The second-order valence-electron chi connectivity index (χ2n) is 5.41. The van der Waals surface area contributed by atoms with Crippen LogP contribution in [0.4, 0.5) is 18.9 Å². The first-order valence-electron chi connectivity index (χ1n) is 6.77. The minimum atomic E-state index is -4.15. The first kappa shape index (κ1) is 16.1. The first-order valence-corrected chi connectivity index (χ1v) is 7.15. The minimum Gasteiger partial charge on any atom is -0.324 e. The maximum Gasteiger partial charge on any atom is 0.391 e. The summed E-state index contributed by atoms with van der Waals surface area (Å²) in [5.41, 5.74) is 1.25. The van der Waals surface area contributed by atoms with Crippen molar-refractivity contribution in [3.63, 3.8) is 0 Å². The van der Waals surface area contributed by atoms with Crippen LogP contribution >= 0.6 is 11.6 Å². The molecule has 1 aliphatic carbocycles. The number of pyridine rings is 1. The van der Waals surface area contributed by atoms with Gasteiger partial charge in [0.25, 0.3) is 0 Å². The third-order valence-electron chi connectivity index (χ3n) is 3.84. The summed E-state index contributed by atoms with van der Waals surface area (Å²) in [7, 11) is 0. The Morgan fingerprint density at radius 3 is 2.48 bits per heavy atom. The standard InChI is InChI=1S/C14H16ClF3N2O/c1-8-6-11(7-19-12(8)15)20-13(21)9-2-4-10(5-3-9)14(16,17)18/h6-7,9-10H,2-5H2,1H3,(H,20,21). The summed E-state index contributed by atoms with van der Waals surface area (Å²) in [6.45, 7) is 1.76. The van der Waals surface area contributed by atoms with E-state index in [1.54, 1.807) is 13.0 Å². The number of rotatable bonds is 2. The molecule has 1 aliphatic rings. The number of hydrogen-bond acceptors (Lipinski definition) is 2. The van der Waals surface area contributed by atoms with E-state index in [-0.39, 0.29) is 37.5 Å². The summed E-state index contributed by atoms with van der Waals surface area (Å²) in [6.07, 6.45) is -2.17. The molecule has 21 heavy (non-hydrogen) atoms. The maximum atomic E-state index is 12.6. The lowest BCUT2D eigenvalue weighted by atomic mass is 9.81. The molecule has 1 aromatic rings. The Kier molecular flexibility index (Phi) is 4.76. The molecule has 0 bridgehead atoms. The molecule has 1 fully saturated rings. The predicted molar refractivity (Wildman–Crippen MR) is 74.1 cm³/mol. The molecule has 1 saturated carbocycles. The molecule has 0 unspecified atom stereocenters. The summed E-state index contributed by atoms with van der Waals surface area (Å²) < 4.78 is 37.7. The van der Waals surface area contributed by atoms with E-state index in [1.165, 1.54) is 6.20 Å². The molecule has 0 aliphatic heterocycles. The second-order valence-corrected chi connectivity index (χ2v) is 5.77. The van der Waals surface area contributed by atoms with Crippen molar-refractivity contribution in [3.05, 3.63) is 23.0 Å². The fourth-order valence-electron chi connectivity index (χ4n) is 2.55. The Labute approximate surface area is 125 Å². The SMILES string of the molecule is Cc1cc(NC(=O)C2CCC(C(F)(F)F)CC2)cnc1Cl. The maximum absolute atomic E-state index is 12.6. The van der Waals surface area contributed by atoms with Crippen molar-refractivity contribution in [1.82, 2.24) is 4.98 Å². The summed E-state index contributed by atoms with van der Waals surface area (Å²) in [4.78, 5) is 16.0. The van der Waals surface area contributed by atoms with Crippen LogP contribution in [-0.4, -0.2) is 17.1 Å². The highest BCUT2D eigenvalue weighted by molar-refractivity contribution is 6.30. The number of hydrogen-bond donors (Lipinski definition) is 1. The third-order valence-corrected chi connectivity index (χ3v) is 4.24. The van der Waals surface area contributed by atoms with Crippen LogP contribution in [0.3, 0.4) is 0 Å². The van der Waals surface area contributed by atoms with Gasteiger partial charge in [-0.05, 0) is 44.2 Å². The van der Waals surface area contributed by atoms with E-state index in [9.17, 15) is 18.0 Å². The van der Waals surface area contributed by atoms with E-state index in [1.807, 2.05) is 0 Å². The number of nitrogens with zero attached hydrogens (tertiary/aromatic N) is 1. The van der Waals surface area contributed by atoms with Crippen LogP contribution in [0.2, 0.25) is 5.15 Å². The number of halogens is 4. The molecule has 116 valence electrons. The predicted octanol–water partition coefficient (Wildman–Crippen LogP) is 4.35. The lowest BCUT2D eigenvalue weighted by molar-refractivity contribution is -0.184. The van der Waals surface area contributed by atoms with E-state index in [0.717, 1.165) is 5.56 Å². The largest absolute Gasteiger partial charge is 0.391 e. The van der Waals surface area contributed by atoms with Gasteiger partial charge in [0.1, 0.15) is 5.15 Å². The minimum absolute atomic E-state index is 0.0134. The zero-order valence-electron chi connectivity index (χ0n) is 11.5. The molecular weight excluding hydrogens is 305 g/mol. The molecular formula is C14H16ClF3N2O. The quantitative estimate of drug-likeness (QED) is 0.823. The smallest absolute Gasteiger partial charge is 0.324 e. The van der Waals surface area contributed by atoms with Gasteiger partial charge in [0.15, 0.2) is 0 Å². The molecule has 0 radical (unpaired) electrons. The second kappa shape index (κ2) is 6.22. The Balaban J connectivity index is 1.92. The van der Waals surface area contributed by atoms with Crippen LogP contribution in [0.25, 0.3) is 0 Å². The fraction of sp³-hybridized carbons (Fsp3) is 0.571. The van der Waals surface area contributed by atoms with E-state index in [4.69, 9.17) is 11.6 Å². The summed E-state index contributed by atoms with van der Waals surface area (Å²) in [5, 5.41) is 3.05. The van der Waals surface area contributed by atoms with E-state index < -0.39 is 12.1 Å². The molecule has 1 aromatic heterocycles. The average Bonchev–Trinajstić information content (AvgIpc) is 2.42. The van der Waals surface area contributed by atoms with Crippen molar-refractivity contribution in [2.75, 3.05) is 5.32 Å². The lowest BCUT2D eigenvalue weighted by Crippen LogP contribution is -2.32. The van der Waals surface area contributed by atoms with Crippen molar-refractivity contribution in [1.29, 1.82) is 0 Å². The topological polar surface area (TPSA) is 42.0 Å². The zero-order valence-corrected chi connectivity index (χ0v) is 12.3. The molecule has 0 atom stereocenters. The molecule has 1 heterocycles. The number of aromatic nitrogens is 1. The van der Waals surface area contributed by atoms with Crippen LogP contribution in [0.5, 0.6) is 0 Å². The van der Waals surface area contributed by atoms with Gasteiger partial charge in [0, 0.05) is 5.92 Å². The van der Waals surface area contributed by atoms with Gasteiger partial charge in [-0.25, -0.2) is 4.98 Å². The van der Waals surface area contributed by atoms with Gasteiger partial charge >= 0.3 is 6.18 Å². The van der Waals surface area contributed by atoms with Gasteiger partial charge in [-0.2, -0.15) is 13.2 Å². The first-order chi connectivity index (χ1) is 9.77. The molecule has 3 nitrogen and oxygen atoms in total. The lowest BCUT2D eigenvalue weighted by Gasteiger charge is -2.29. The van der Waals surface area contributed by atoms with Crippen LogP contribution in [-0.2, 0) is 4.79 Å². The molecule has 0 spiro atoms. The number of carbonyl (C=O) groups is 1. The number of nitrogens with one attached hydrogen (secondary N) is 1. The van der Waals surface area contributed by atoms with Gasteiger partial charge in [-0.3, -0.25) is 4.79 Å². The van der Waals surface area contributed by atoms with Crippen LogP contribution in [0, 0.1) is 18.8 Å². The molecule has 7 heteroatoms. The highest BCUT2D eigenvalue weighted by Gasteiger charge is 2.42. The normalized spacial score (nSPS) is 22.9. The van der Waals surface area contributed by atoms with E-state index in [2.05, 4.69) is 10.3 Å². The van der Waals surface area contributed by atoms with Crippen molar-refractivity contribution < 1.29 is 18.0 Å². The van der Waals surface area contributed by atoms with Crippen molar-refractivity contribution in [2.45, 2.75) is 38.8 Å². The fourth-order valence-corrected chi connectivity index (χ4v) is 2.66. The van der Waals surface area contributed by atoms with Gasteiger partial charge in [-0.15, -0.1) is 0 Å². The molecule has 1 amide bonds. The molecule has 1 N–H and O–H groups in total. The van der Waals surface area contributed by atoms with Crippen molar-refractivity contribution in [3.8, 4) is 0 Å². The summed E-state index contributed by atoms with van der Waals surface area (Å²) in [6, 6.07) is 1.69. The van der Waals surface area contributed by atoms with Crippen LogP contribution < -0.4 is 5.32 Å². The van der Waals surface area contributed by atoms with Gasteiger partial charge in [0.2, 0.25) is 5.91 Å². The average molecular weight is 321 g/mol. The highest BCUT2D eigenvalue weighted by Crippen LogP contribution is 2.39. The molecule has 2 rings (SSSR count). The van der Waals surface area contributed by atoms with Crippen LogP contribution in [0.15, 0.2) is 12.3 Å². The van der Waals surface area contributed by atoms with Gasteiger partial charge in [-0.1, -0.05) is 11.6 Å². The Morgan fingerprint density at radius 2 is 1.95 bits per heavy atom. The number of carbonyl (C=O) groups excluding carboxylic acids is 1. The molecule has 0 saturated heterocycles. The summed E-state index contributed by atoms with van der Waals surface area (Å²) in [5.74, 6) is -1.90. The van der Waals surface area contributed by atoms with Gasteiger partial charge in [0.05, 0.1) is 17.8 Å². The van der Waals surface area contributed by atoms with Crippen LogP contribution in [0.1, 0.15) is 31.2 Å². The molecule has 0 aromatic carbocycles. The Hall–Kier alpha value is -1.30. The Morgan fingerprint density at radius 1 is 1.33 bits per heavy atom. The highest BCUT2D eigenvalue weighted by atomic mass is 35.5. The van der Waals surface area contributed by atoms with Gasteiger partial charge < -0.3 is 5.32 Å². The van der Waals surface area contributed by atoms with E-state index >= 15 is 0 Å². The van der Waals surface area contributed by atoms with Crippen molar-refractivity contribution >= 4 is 23.2 Å². The van der Waals surface area contributed by atoms with E-state index in [0.29, 0.717) is 10.8 Å². The number of anilines is 1. The Bertz CT molecular complexity index is 525. The number of amides is 1. The summed E-state index contributed by atoms with van der Waals surface area (Å²) >= 11 is 5.79. The number of alkyl halides is 3. The monoisotopic (exact) mass is 320 g/mol. The number of aryl methyl sites for hydroxylation is 1.